The van der Waals surface area contributed by atoms with Gasteiger partial charge in [-0.3, -0.25) is 0 Å². The lowest BCUT2D eigenvalue weighted by Crippen LogP contribution is -1.95. The van der Waals surface area contributed by atoms with E-state index in [1.165, 1.54) is 0 Å². The molecule has 1 N–H and O–H groups in total. The molecule has 0 bridgehead atoms. The van der Waals surface area contributed by atoms with Crippen LogP contribution in [-0.2, 0) is 6.61 Å². The molecule has 4 nitrogen and oxygen atoms in total. The van der Waals surface area contributed by atoms with Crippen LogP contribution in [0.4, 0.5) is 0 Å². The molecule has 5 heteroatoms. The Balaban J connectivity index is 2.42. The number of aliphatic hydroxyl groups is 1. The molecular formula is C12H11ClN2O2. The van der Waals surface area contributed by atoms with Crippen LogP contribution in [0.3, 0.4) is 0 Å². The van der Waals surface area contributed by atoms with Crippen molar-refractivity contribution in [1.82, 2.24) is 9.97 Å². The number of benzene rings is 1. The first-order valence-electron chi connectivity index (χ1n) is 5.01. The number of methoxy groups -OCH3 is 1. The summed E-state index contributed by atoms with van der Waals surface area (Å²) in [5.74, 6) is 1.00. The molecule has 0 saturated heterocycles. The number of halogens is 1. The van der Waals surface area contributed by atoms with E-state index in [4.69, 9.17) is 21.4 Å². The third kappa shape index (κ3) is 2.54. The van der Waals surface area contributed by atoms with Gasteiger partial charge in [0.1, 0.15) is 12.4 Å². The molecule has 0 aliphatic carbocycles. The minimum Gasteiger partial charge on any atom is -0.495 e. The molecule has 1 aromatic carbocycles. The lowest BCUT2D eigenvalue weighted by atomic mass is 10.1. The predicted octanol–water partition coefficient (Wildman–Crippen LogP) is 2.30. The fourth-order valence-corrected chi connectivity index (χ4v) is 1.72. The highest BCUT2D eigenvalue weighted by Crippen LogP contribution is 2.29. The molecule has 2 rings (SSSR count). The van der Waals surface area contributed by atoms with Crippen molar-refractivity contribution in [3.63, 3.8) is 0 Å². The van der Waals surface area contributed by atoms with Crippen molar-refractivity contribution >= 4 is 11.6 Å². The Morgan fingerprint density at radius 3 is 2.82 bits per heavy atom. The van der Waals surface area contributed by atoms with E-state index in [9.17, 15) is 0 Å². The molecule has 0 aliphatic heterocycles. The molecule has 0 spiro atoms. The number of ether oxygens (including phenoxy) is 1. The van der Waals surface area contributed by atoms with Gasteiger partial charge in [0.25, 0.3) is 0 Å². The first kappa shape index (κ1) is 11.8. The molecule has 1 aromatic heterocycles. The number of aliphatic hydroxyl groups excluding tert-OH is 1. The highest BCUT2D eigenvalue weighted by molar-refractivity contribution is 6.32. The standard InChI is InChI=1S/C12H11ClN2O2/c1-17-11-3-2-8(6-9(11)13)10-4-5-14-12(7-16)15-10/h2-6,16H,7H2,1H3. The molecule has 1 heterocycles. The van der Waals surface area contributed by atoms with E-state index in [1.54, 1.807) is 31.5 Å². The van der Waals surface area contributed by atoms with E-state index < -0.39 is 0 Å². The zero-order valence-electron chi connectivity index (χ0n) is 9.22. The molecule has 0 radical (unpaired) electrons. The summed E-state index contributed by atoms with van der Waals surface area (Å²) in [5, 5.41) is 9.50. The van der Waals surface area contributed by atoms with Gasteiger partial charge in [-0.05, 0) is 24.3 Å². The van der Waals surface area contributed by atoms with Gasteiger partial charge in [0, 0.05) is 11.8 Å². The van der Waals surface area contributed by atoms with E-state index in [0.717, 1.165) is 5.56 Å². The van der Waals surface area contributed by atoms with Gasteiger partial charge in [0.05, 0.1) is 17.8 Å². The first-order valence-corrected chi connectivity index (χ1v) is 5.39. The van der Waals surface area contributed by atoms with Crippen molar-refractivity contribution in [2.24, 2.45) is 0 Å². The maximum atomic E-state index is 8.97. The Bertz CT molecular complexity index is 532. The fraction of sp³-hybridized carbons (Fsp3) is 0.167. The molecular weight excluding hydrogens is 240 g/mol. The average Bonchev–Trinajstić information content (AvgIpc) is 2.38. The number of aromatic nitrogens is 2. The Morgan fingerprint density at radius 1 is 1.35 bits per heavy atom. The van der Waals surface area contributed by atoms with Crippen LogP contribution in [0.5, 0.6) is 5.75 Å². The van der Waals surface area contributed by atoms with Gasteiger partial charge in [-0.2, -0.15) is 0 Å². The van der Waals surface area contributed by atoms with Crippen LogP contribution >= 0.6 is 11.6 Å². The molecule has 0 fully saturated rings. The summed E-state index contributed by atoms with van der Waals surface area (Å²) in [5.41, 5.74) is 1.57. The lowest BCUT2D eigenvalue weighted by molar-refractivity contribution is 0.271. The quantitative estimate of drug-likeness (QED) is 0.908. The van der Waals surface area contributed by atoms with E-state index >= 15 is 0 Å². The minimum atomic E-state index is -0.183. The maximum Gasteiger partial charge on any atom is 0.154 e. The Kier molecular flexibility index (Phi) is 3.56. The summed E-state index contributed by atoms with van der Waals surface area (Å²) in [6.45, 7) is -0.183. The number of hydrogen-bond acceptors (Lipinski definition) is 4. The van der Waals surface area contributed by atoms with Crippen molar-refractivity contribution < 1.29 is 9.84 Å². The van der Waals surface area contributed by atoms with Crippen LogP contribution in [0.1, 0.15) is 5.82 Å². The number of rotatable bonds is 3. The summed E-state index contributed by atoms with van der Waals surface area (Å²) in [4.78, 5) is 8.12. The fourth-order valence-electron chi connectivity index (χ4n) is 1.46. The molecule has 0 saturated carbocycles. The second-order valence-corrected chi connectivity index (χ2v) is 3.77. The molecule has 0 atom stereocenters. The van der Waals surface area contributed by atoms with Crippen LogP contribution < -0.4 is 4.74 Å². The molecule has 0 unspecified atom stereocenters. The van der Waals surface area contributed by atoms with Gasteiger partial charge < -0.3 is 9.84 Å². The van der Waals surface area contributed by atoms with Gasteiger partial charge >= 0.3 is 0 Å². The highest BCUT2D eigenvalue weighted by atomic mass is 35.5. The Labute approximate surface area is 104 Å². The largest absolute Gasteiger partial charge is 0.495 e. The third-order valence-corrected chi connectivity index (χ3v) is 2.59. The average molecular weight is 251 g/mol. The van der Waals surface area contributed by atoms with Gasteiger partial charge in [0.2, 0.25) is 0 Å². The third-order valence-electron chi connectivity index (χ3n) is 2.29. The van der Waals surface area contributed by atoms with Gasteiger partial charge in [0.15, 0.2) is 5.82 Å². The first-order chi connectivity index (χ1) is 8.24. The van der Waals surface area contributed by atoms with E-state index in [0.29, 0.717) is 22.3 Å². The van der Waals surface area contributed by atoms with Crippen LogP contribution in [0.25, 0.3) is 11.3 Å². The van der Waals surface area contributed by atoms with E-state index in [-0.39, 0.29) is 6.61 Å². The van der Waals surface area contributed by atoms with Crippen LogP contribution in [0.2, 0.25) is 5.02 Å². The monoisotopic (exact) mass is 250 g/mol. The molecule has 0 aliphatic rings. The van der Waals surface area contributed by atoms with Crippen LogP contribution in [-0.4, -0.2) is 22.2 Å². The predicted molar refractivity (Wildman–Crippen MR) is 65.0 cm³/mol. The topological polar surface area (TPSA) is 55.2 Å². The van der Waals surface area contributed by atoms with E-state index in [1.807, 2.05) is 6.07 Å². The summed E-state index contributed by atoms with van der Waals surface area (Å²) in [6, 6.07) is 7.16. The second kappa shape index (κ2) is 5.12. The van der Waals surface area contributed by atoms with Crippen LogP contribution in [0, 0.1) is 0 Å². The van der Waals surface area contributed by atoms with Crippen molar-refractivity contribution in [2.45, 2.75) is 6.61 Å². The van der Waals surface area contributed by atoms with E-state index in [2.05, 4.69) is 9.97 Å². The SMILES string of the molecule is COc1ccc(-c2ccnc(CO)n2)cc1Cl. The minimum absolute atomic E-state index is 0.183. The Morgan fingerprint density at radius 2 is 2.18 bits per heavy atom. The van der Waals surface area contributed by atoms with Crippen molar-refractivity contribution in [2.75, 3.05) is 7.11 Å². The zero-order valence-corrected chi connectivity index (χ0v) is 9.98. The Hall–Kier alpha value is -1.65. The van der Waals surface area contributed by atoms with Gasteiger partial charge in [-0.25, -0.2) is 9.97 Å². The highest BCUT2D eigenvalue weighted by Gasteiger charge is 2.05. The van der Waals surface area contributed by atoms with Crippen molar-refractivity contribution in [3.05, 3.63) is 41.3 Å². The lowest BCUT2D eigenvalue weighted by Gasteiger charge is -2.06. The number of hydrogen-bond donors (Lipinski definition) is 1. The van der Waals surface area contributed by atoms with Gasteiger partial charge in [-0.15, -0.1) is 0 Å². The summed E-state index contributed by atoms with van der Waals surface area (Å²) in [7, 11) is 1.56. The normalized spacial score (nSPS) is 10.3. The molecule has 88 valence electrons. The second-order valence-electron chi connectivity index (χ2n) is 3.37. The zero-order chi connectivity index (χ0) is 12.3. The molecule has 0 amide bonds. The molecule has 2 aromatic rings. The van der Waals surface area contributed by atoms with Crippen molar-refractivity contribution in [3.8, 4) is 17.0 Å². The number of nitrogens with zero attached hydrogens (tertiary/aromatic N) is 2. The summed E-state index contributed by atoms with van der Waals surface area (Å²) < 4.78 is 5.08. The summed E-state index contributed by atoms with van der Waals surface area (Å²) >= 11 is 6.04. The smallest absolute Gasteiger partial charge is 0.154 e. The van der Waals surface area contributed by atoms with Crippen molar-refractivity contribution in [1.29, 1.82) is 0 Å². The summed E-state index contributed by atoms with van der Waals surface area (Å²) in [6.07, 6.45) is 1.60. The van der Waals surface area contributed by atoms with Gasteiger partial charge in [-0.1, -0.05) is 11.6 Å². The van der Waals surface area contributed by atoms with Crippen LogP contribution in [0.15, 0.2) is 30.5 Å². The molecule has 17 heavy (non-hydrogen) atoms. The maximum absolute atomic E-state index is 8.97.